The maximum Gasteiger partial charge on any atom is 0.189 e. The second-order valence-electron chi connectivity index (χ2n) is 4.07. The number of anilines is 1. The molecule has 2 aromatic rings. The number of hydrogen-bond acceptors (Lipinski definition) is 3. The lowest BCUT2D eigenvalue weighted by Crippen LogP contribution is -2.01. The number of pyridine rings is 1. The van der Waals surface area contributed by atoms with E-state index in [9.17, 15) is 4.79 Å². The lowest BCUT2D eigenvalue weighted by molar-refractivity contribution is 0.104. The van der Waals surface area contributed by atoms with E-state index in [2.05, 4.69) is 26.2 Å². The number of rotatable bonds is 4. The number of carbonyl (C=O) groups is 1. The molecule has 0 radical (unpaired) electrons. The molecule has 0 saturated carbocycles. The summed E-state index contributed by atoms with van der Waals surface area (Å²) in [5.74, 6) is -0.0600. The summed E-state index contributed by atoms with van der Waals surface area (Å²) in [5.41, 5.74) is 2.31. The average molecular weight is 317 g/mol. The number of nitrogens with one attached hydrogen (secondary N) is 1. The van der Waals surface area contributed by atoms with Gasteiger partial charge in [0, 0.05) is 39.9 Å². The first kappa shape index (κ1) is 13.5. The third-order valence-corrected chi connectivity index (χ3v) is 3.01. The largest absolute Gasteiger partial charge is 0.359 e. The maximum absolute atomic E-state index is 11.9. The minimum absolute atomic E-state index is 0.0600. The lowest BCUT2D eigenvalue weighted by Gasteiger charge is -2.06. The highest BCUT2D eigenvalue weighted by Gasteiger charge is 2.02. The van der Waals surface area contributed by atoms with Crippen LogP contribution < -0.4 is 5.32 Å². The van der Waals surface area contributed by atoms with Crippen LogP contribution in [-0.4, -0.2) is 10.8 Å². The molecule has 0 unspecified atom stereocenters. The summed E-state index contributed by atoms with van der Waals surface area (Å²) in [4.78, 5) is 15.9. The van der Waals surface area contributed by atoms with Crippen molar-refractivity contribution in [3.05, 3.63) is 70.6 Å². The van der Waals surface area contributed by atoms with Crippen LogP contribution in [0, 0.1) is 0 Å². The second-order valence-corrected chi connectivity index (χ2v) is 4.98. The molecular formula is C15H13BrN2O. The molecule has 0 aliphatic rings. The van der Waals surface area contributed by atoms with Crippen molar-refractivity contribution < 1.29 is 4.79 Å². The second kappa shape index (κ2) is 6.29. The van der Waals surface area contributed by atoms with Crippen LogP contribution in [0.15, 0.2) is 65.0 Å². The van der Waals surface area contributed by atoms with Gasteiger partial charge in [-0.25, -0.2) is 0 Å². The molecule has 1 heterocycles. The number of aromatic nitrogens is 1. The van der Waals surface area contributed by atoms with E-state index in [1.54, 1.807) is 30.6 Å². The highest BCUT2D eigenvalue weighted by atomic mass is 79.9. The Morgan fingerprint density at radius 1 is 1.26 bits per heavy atom. The van der Waals surface area contributed by atoms with Gasteiger partial charge in [0.05, 0.1) is 0 Å². The summed E-state index contributed by atoms with van der Waals surface area (Å²) in [6.45, 7) is 1.86. The zero-order valence-electron chi connectivity index (χ0n) is 10.4. The van der Waals surface area contributed by atoms with E-state index in [0.29, 0.717) is 5.56 Å². The Labute approximate surface area is 120 Å². The van der Waals surface area contributed by atoms with E-state index < -0.39 is 0 Å². The predicted octanol–water partition coefficient (Wildman–Crippen LogP) is 4.04. The van der Waals surface area contributed by atoms with E-state index in [0.717, 1.165) is 15.9 Å². The predicted molar refractivity (Wildman–Crippen MR) is 80.1 cm³/mol. The minimum atomic E-state index is -0.0600. The zero-order valence-corrected chi connectivity index (χ0v) is 12.0. The Bertz CT molecular complexity index is 591. The first-order valence-electron chi connectivity index (χ1n) is 5.80. The third-order valence-electron chi connectivity index (χ3n) is 2.48. The molecule has 0 amide bonds. The molecular weight excluding hydrogens is 304 g/mol. The van der Waals surface area contributed by atoms with Gasteiger partial charge in [-0.05, 0) is 43.3 Å². The maximum atomic E-state index is 11.9. The van der Waals surface area contributed by atoms with E-state index in [1.807, 2.05) is 31.2 Å². The topological polar surface area (TPSA) is 42.0 Å². The van der Waals surface area contributed by atoms with Crippen molar-refractivity contribution in [3.63, 3.8) is 0 Å². The summed E-state index contributed by atoms with van der Waals surface area (Å²) in [6, 6.07) is 11.3. The van der Waals surface area contributed by atoms with Gasteiger partial charge in [-0.3, -0.25) is 9.78 Å². The summed E-state index contributed by atoms with van der Waals surface area (Å²) in [7, 11) is 0. The fraction of sp³-hybridized carbons (Fsp3) is 0.0667. The molecule has 4 heteroatoms. The molecule has 0 spiro atoms. The number of halogens is 1. The normalized spacial score (nSPS) is 11.2. The molecule has 0 aliphatic carbocycles. The number of allylic oxidation sites excluding steroid dienone is 2. The highest BCUT2D eigenvalue weighted by molar-refractivity contribution is 9.10. The van der Waals surface area contributed by atoms with Crippen LogP contribution >= 0.6 is 15.9 Å². The number of nitrogens with zero attached hydrogens (tertiary/aromatic N) is 1. The van der Waals surface area contributed by atoms with E-state index in [-0.39, 0.29) is 5.78 Å². The fourth-order valence-electron chi connectivity index (χ4n) is 1.59. The van der Waals surface area contributed by atoms with Crippen LogP contribution in [0.5, 0.6) is 0 Å². The Hall–Kier alpha value is -1.94. The van der Waals surface area contributed by atoms with Crippen LogP contribution in [0.1, 0.15) is 17.3 Å². The molecule has 1 aromatic carbocycles. The summed E-state index contributed by atoms with van der Waals surface area (Å²) < 4.78 is 1.02. The molecule has 0 saturated heterocycles. The Kier molecular flexibility index (Phi) is 4.47. The summed E-state index contributed by atoms with van der Waals surface area (Å²) in [6.07, 6.45) is 4.78. The minimum Gasteiger partial charge on any atom is -0.359 e. The standard InChI is InChI=1S/C15H13BrN2O/c1-11(18-14-6-4-13(16)5-7-14)9-15(19)12-3-2-8-17-10-12/h2-10,18H,1H3/b11-9-. The Balaban J connectivity index is 2.07. The smallest absolute Gasteiger partial charge is 0.189 e. The molecule has 3 nitrogen and oxygen atoms in total. The third kappa shape index (κ3) is 4.03. The SMILES string of the molecule is C/C(=C/C(=O)c1cccnc1)Nc1ccc(Br)cc1. The average Bonchev–Trinajstić information content (AvgIpc) is 2.42. The number of ketones is 1. The van der Waals surface area contributed by atoms with Crippen LogP contribution in [0.2, 0.25) is 0 Å². The molecule has 0 atom stereocenters. The first-order chi connectivity index (χ1) is 9.15. The van der Waals surface area contributed by atoms with Crippen LogP contribution in [-0.2, 0) is 0 Å². The molecule has 0 fully saturated rings. The van der Waals surface area contributed by atoms with E-state index in [4.69, 9.17) is 0 Å². The molecule has 0 aliphatic heterocycles. The van der Waals surface area contributed by atoms with Gasteiger partial charge in [0.2, 0.25) is 0 Å². The Morgan fingerprint density at radius 2 is 2.00 bits per heavy atom. The van der Waals surface area contributed by atoms with Gasteiger partial charge in [-0.2, -0.15) is 0 Å². The van der Waals surface area contributed by atoms with Gasteiger partial charge in [0.25, 0.3) is 0 Å². The fourth-order valence-corrected chi connectivity index (χ4v) is 1.85. The quantitative estimate of drug-likeness (QED) is 0.683. The molecule has 2 rings (SSSR count). The molecule has 0 bridgehead atoms. The van der Waals surface area contributed by atoms with Crippen LogP contribution in [0.3, 0.4) is 0 Å². The number of hydrogen-bond donors (Lipinski definition) is 1. The lowest BCUT2D eigenvalue weighted by atomic mass is 10.1. The monoisotopic (exact) mass is 316 g/mol. The first-order valence-corrected chi connectivity index (χ1v) is 6.60. The summed E-state index contributed by atoms with van der Waals surface area (Å²) in [5, 5.41) is 3.17. The molecule has 1 aromatic heterocycles. The van der Waals surface area contributed by atoms with Gasteiger partial charge in [-0.1, -0.05) is 15.9 Å². The molecule has 1 N–H and O–H groups in total. The van der Waals surface area contributed by atoms with Crippen molar-refractivity contribution in [2.45, 2.75) is 6.92 Å². The Morgan fingerprint density at radius 3 is 2.63 bits per heavy atom. The van der Waals surface area contributed by atoms with Crippen molar-refractivity contribution in [1.82, 2.24) is 4.98 Å². The summed E-state index contributed by atoms with van der Waals surface area (Å²) >= 11 is 3.38. The number of benzene rings is 1. The number of carbonyl (C=O) groups excluding carboxylic acids is 1. The van der Waals surface area contributed by atoms with Crippen molar-refractivity contribution in [2.75, 3.05) is 5.32 Å². The van der Waals surface area contributed by atoms with Gasteiger partial charge >= 0.3 is 0 Å². The highest BCUT2D eigenvalue weighted by Crippen LogP contribution is 2.15. The molecule has 96 valence electrons. The van der Waals surface area contributed by atoms with E-state index >= 15 is 0 Å². The molecule has 19 heavy (non-hydrogen) atoms. The van der Waals surface area contributed by atoms with Gasteiger partial charge in [-0.15, -0.1) is 0 Å². The van der Waals surface area contributed by atoms with Crippen molar-refractivity contribution >= 4 is 27.4 Å². The zero-order chi connectivity index (χ0) is 13.7. The van der Waals surface area contributed by atoms with Gasteiger partial charge in [0.15, 0.2) is 5.78 Å². The van der Waals surface area contributed by atoms with Gasteiger partial charge < -0.3 is 5.32 Å². The van der Waals surface area contributed by atoms with Crippen molar-refractivity contribution in [2.24, 2.45) is 0 Å². The van der Waals surface area contributed by atoms with Gasteiger partial charge in [0.1, 0.15) is 0 Å². The van der Waals surface area contributed by atoms with E-state index in [1.165, 1.54) is 0 Å². The van der Waals surface area contributed by atoms with Crippen LogP contribution in [0.4, 0.5) is 5.69 Å². The van der Waals surface area contributed by atoms with Crippen LogP contribution in [0.25, 0.3) is 0 Å². The van der Waals surface area contributed by atoms with Crippen molar-refractivity contribution in [3.8, 4) is 0 Å². The van der Waals surface area contributed by atoms with Crippen molar-refractivity contribution in [1.29, 1.82) is 0 Å².